The Kier molecular flexibility index (Phi) is 16.0. The van der Waals surface area contributed by atoms with E-state index in [2.05, 4.69) is 6.08 Å². The first-order chi connectivity index (χ1) is 12.1. The molecule has 2 atom stereocenters. The van der Waals surface area contributed by atoms with E-state index in [0.717, 1.165) is 25.7 Å². The van der Waals surface area contributed by atoms with E-state index in [4.69, 9.17) is 10.2 Å². The zero-order chi connectivity index (χ0) is 18.8. The Morgan fingerprint density at radius 3 is 2.16 bits per heavy atom. The van der Waals surface area contributed by atoms with Crippen molar-refractivity contribution in [2.24, 2.45) is 0 Å². The second kappa shape index (κ2) is 17.1. The summed E-state index contributed by atoms with van der Waals surface area (Å²) in [6.07, 6.45) is 18.5. The van der Waals surface area contributed by atoms with Gasteiger partial charge in [0.1, 0.15) is 0 Å². The number of allylic oxidation sites excluding steroid dienone is 5. The number of carbonyl (C=O) groups is 1. The SMILES string of the molecule is O=C(O)CCC[C@@H](O)\C=C/C=C/C=C/[C@@H](O)C/C=C\CCCCCO. The minimum atomic E-state index is -0.851. The van der Waals surface area contributed by atoms with E-state index in [9.17, 15) is 15.0 Å². The average Bonchev–Trinajstić information content (AvgIpc) is 2.56. The van der Waals surface area contributed by atoms with Crippen LogP contribution in [-0.4, -0.2) is 45.2 Å². The van der Waals surface area contributed by atoms with Crippen LogP contribution in [-0.2, 0) is 4.79 Å². The van der Waals surface area contributed by atoms with Crippen LogP contribution < -0.4 is 0 Å². The number of unbranched alkanes of at least 4 members (excludes halogenated alkanes) is 3. The van der Waals surface area contributed by atoms with Gasteiger partial charge in [-0.15, -0.1) is 0 Å². The standard InChI is InChI=1S/C20H32O5/c21-17-10-6-2-1-3-7-12-18(22)13-8-4-5-9-14-19(23)15-11-16-20(24)25/h3-5,7-9,13-14,18-19,21-23H,1-2,6,10-12,15-17H2,(H,24,25)/b5-4+,7-3-,13-8+,14-9-/t18-,19-/m0/s1. The Bertz CT molecular complexity index is 437. The molecule has 0 aliphatic carbocycles. The highest BCUT2D eigenvalue weighted by atomic mass is 16.4. The number of aliphatic carboxylic acids is 1. The van der Waals surface area contributed by atoms with Crippen molar-refractivity contribution in [2.75, 3.05) is 6.61 Å². The largest absolute Gasteiger partial charge is 0.481 e. The molecule has 142 valence electrons. The molecule has 0 aliphatic rings. The van der Waals surface area contributed by atoms with Gasteiger partial charge in [-0.05, 0) is 38.5 Å². The van der Waals surface area contributed by atoms with E-state index in [0.29, 0.717) is 19.3 Å². The topological polar surface area (TPSA) is 98.0 Å². The number of carboxylic acid groups (broad SMARTS) is 1. The van der Waals surface area contributed by atoms with Crippen LogP contribution in [0.4, 0.5) is 0 Å². The number of aliphatic hydroxyl groups is 3. The van der Waals surface area contributed by atoms with Crippen LogP contribution in [0, 0.1) is 0 Å². The molecule has 0 radical (unpaired) electrons. The molecule has 0 saturated heterocycles. The van der Waals surface area contributed by atoms with Crippen molar-refractivity contribution in [3.63, 3.8) is 0 Å². The molecule has 0 fully saturated rings. The highest BCUT2D eigenvalue weighted by molar-refractivity contribution is 5.66. The van der Waals surface area contributed by atoms with Crippen molar-refractivity contribution in [1.29, 1.82) is 0 Å². The molecule has 0 saturated carbocycles. The lowest BCUT2D eigenvalue weighted by Gasteiger charge is -2.02. The fraction of sp³-hybridized carbons (Fsp3) is 0.550. The monoisotopic (exact) mass is 352 g/mol. The summed E-state index contributed by atoms with van der Waals surface area (Å²) in [5, 5.41) is 36.5. The van der Waals surface area contributed by atoms with Gasteiger partial charge >= 0.3 is 5.97 Å². The van der Waals surface area contributed by atoms with Crippen molar-refractivity contribution in [3.8, 4) is 0 Å². The van der Waals surface area contributed by atoms with E-state index in [1.807, 2.05) is 6.08 Å². The minimum Gasteiger partial charge on any atom is -0.481 e. The Balaban J connectivity index is 3.79. The molecule has 0 aliphatic heterocycles. The molecule has 0 amide bonds. The van der Waals surface area contributed by atoms with Gasteiger partial charge in [0.25, 0.3) is 0 Å². The summed E-state index contributed by atoms with van der Waals surface area (Å²) in [6.45, 7) is 0.250. The molecule has 5 heteroatoms. The van der Waals surface area contributed by atoms with Gasteiger partial charge in [-0.1, -0.05) is 55.0 Å². The maximum absolute atomic E-state index is 10.4. The number of hydrogen-bond acceptors (Lipinski definition) is 4. The van der Waals surface area contributed by atoms with Crippen LogP contribution in [0.1, 0.15) is 51.4 Å². The van der Waals surface area contributed by atoms with E-state index in [1.165, 1.54) is 0 Å². The summed E-state index contributed by atoms with van der Waals surface area (Å²) in [4.78, 5) is 10.4. The van der Waals surface area contributed by atoms with E-state index < -0.39 is 18.2 Å². The van der Waals surface area contributed by atoms with Crippen molar-refractivity contribution in [2.45, 2.75) is 63.6 Å². The third-order valence-electron chi connectivity index (χ3n) is 3.46. The molecule has 0 unspecified atom stereocenters. The van der Waals surface area contributed by atoms with E-state index in [1.54, 1.807) is 36.5 Å². The Labute approximate surface area is 150 Å². The second-order valence-corrected chi connectivity index (χ2v) is 5.86. The predicted octanol–water partition coefficient (Wildman–Crippen LogP) is 3.13. The Hall–Kier alpha value is -1.69. The van der Waals surface area contributed by atoms with Crippen LogP contribution in [0.15, 0.2) is 48.6 Å². The zero-order valence-corrected chi connectivity index (χ0v) is 14.8. The quantitative estimate of drug-likeness (QED) is 0.206. The van der Waals surface area contributed by atoms with Gasteiger partial charge in [-0.3, -0.25) is 4.79 Å². The summed E-state index contributed by atoms with van der Waals surface area (Å²) in [7, 11) is 0. The second-order valence-electron chi connectivity index (χ2n) is 5.86. The van der Waals surface area contributed by atoms with Crippen LogP contribution in [0.5, 0.6) is 0 Å². The van der Waals surface area contributed by atoms with Crippen molar-refractivity contribution in [1.82, 2.24) is 0 Å². The van der Waals surface area contributed by atoms with Gasteiger partial charge < -0.3 is 20.4 Å². The van der Waals surface area contributed by atoms with Gasteiger partial charge in [-0.25, -0.2) is 0 Å². The first-order valence-corrected chi connectivity index (χ1v) is 8.91. The molecule has 0 aromatic heterocycles. The maximum Gasteiger partial charge on any atom is 0.303 e. The van der Waals surface area contributed by atoms with E-state index in [-0.39, 0.29) is 13.0 Å². The maximum atomic E-state index is 10.4. The minimum absolute atomic E-state index is 0.0679. The highest BCUT2D eigenvalue weighted by Gasteiger charge is 2.01. The molecule has 0 rings (SSSR count). The molecular formula is C20H32O5. The molecule has 4 N–H and O–H groups in total. The number of aliphatic hydroxyl groups excluding tert-OH is 3. The number of hydrogen-bond donors (Lipinski definition) is 4. The van der Waals surface area contributed by atoms with Gasteiger partial charge in [0.2, 0.25) is 0 Å². The predicted molar refractivity (Wildman–Crippen MR) is 100 cm³/mol. The van der Waals surface area contributed by atoms with Crippen molar-refractivity contribution >= 4 is 5.97 Å². The molecule has 0 bridgehead atoms. The normalized spacial score (nSPS) is 15.0. The summed E-state index contributed by atoms with van der Waals surface area (Å²) < 4.78 is 0. The van der Waals surface area contributed by atoms with Gasteiger partial charge in [0.15, 0.2) is 0 Å². The molecule has 0 aromatic carbocycles. The summed E-state index contributed by atoms with van der Waals surface area (Å²) >= 11 is 0. The molecule has 0 aromatic rings. The van der Waals surface area contributed by atoms with Crippen LogP contribution in [0.3, 0.4) is 0 Å². The number of rotatable bonds is 15. The van der Waals surface area contributed by atoms with Crippen molar-refractivity contribution in [3.05, 3.63) is 48.6 Å². The lowest BCUT2D eigenvalue weighted by Crippen LogP contribution is -2.03. The first kappa shape index (κ1) is 23.3. The number of carboxylic acids is 1. The average molecular weight is 352 g/mol. The molecule has 0 spiro atoms. The molecular weight excluding hydrogens is 320 g/mol. The molecule has 0 heterocycles. The fourth-order valence-corrected chi connectivity index (χ4v) is 2.05. The van der Waals surface area contributed by atoms with Crippen LogP contribution in [0.2, 0.25) is 0 Å². The highest BCUT2D eigenvalue weighted by Crippen LogP contribution is 2.03. The van der Waals surface area contributed by atoms with Gasteiger partial charge in [0.05, 0.1) is 12.2 Å². The molecule has 5 nitrogen and oxygen atoms in total. The summed E-state index contributed by atoms with van der Waals surface area (Å²) in [5.74, 6) is -0.851. The lowest BCUT2D eigenvalue weighted by molar-refractivity contribution is -0.137. The third kappa shape index (κ3) is 18.5. The summed E-state index contributed by atoms with van der Waals surface area (Å²) in [5.41, 5.74) is 0. The van der Waals surface area contributed by atoms with Gasteiger partial charge in [0, 0.05) is 13.0 Å². The Morgan fingerprint density at radius 1 is 0.840 bits per heavy atom. The smallest absolute Gasteiger partial charge is 0.303 e. The third-order valence-corrected chi connectivity index (χ3v) is 3.46. The van der Waals surface area contributed by atoms with Crippen molar-refractivity contribution < 1.29 is 25.2 Å². The lowest BCUT2D eigenvalue weighted by atomic mass is 10.1. The summed E-state index contributed by atoms with van der Waals surface area (Å²) in [6, 6.07) is 0. The van der Waals surface area contributed by atoms with Crippen LogP contribution >= 0.6 is 0 Å². The van der Waals surface area contributed by atoms with Crippen LogP contribution in [0.25, 0.3) is 0 Å². The Morgan fingerprint density at radius 2 is 1.52 bits per heavy atom. The van der Waals surface area contributed by atoms with E-state index >= 15 is 0 Å². The zero-order valence-electron chi connectivity index (χ0n) is 14.8. The van der Waals surface area contributed by atoms with Gasteiger partial charge in [-0.2, -0.15) is 0 Å². The first-order valence-electron chi connectivity index (χ1n) is 8.91. The molecule has 25 heavy (non-hydrogen) atoms. The fourth-order valence-electron chi connectivity index (χ4n) is 2.05.